The Morgan fingerprint density at radius 3 is 1.90 bits per heavy atom. The smallest absolute Gasteiger partial charge is 0.387 e. The van der Waals surface area contributed by atoms with E-state index in [1.807, 2.05) is 6.92 Å². The van der Waals surface area contributed by atoms with E-state index in [0.717, 1.165) is 0 Å². The highest BCUT2D eigenvalue weighted by molar-refractivity contribution is 7.81. The van der Waals surface area contributed by atoms with Crippen molar-refractivity contribution >= 4 is 26.6 Å². The number of fused-ring (bicyclic) bond motifs is 10. The summed E-state index contributed by atoms with van der Waals surface area (Å²) in [4.78, 5) is 12.4. The van der Waals surface area contributed by atoms with Crippen LogP contribution in [0.3, 0.4) is 0 Å². The van der Waals surface area contributed by atoms with Gasteiger partial charge in [-0.25, -0.2) is 8.37 Å². The van der Waals surface area contributed by atoms with E-state index in [1.54, 1.807) is 0 Å². The first-order valence-electron chi connectivity index (χ1n) is 25.2. The molecule has 11 aliphatic heterocycles. The molecular formula is C47H70O21S2. The van der Waals surface area contributed by atoms with Crippen LogP contribution in [0.2, 0.25) is 0 Å². The van der Waals surface area contributed by atoms with Gasteiger partial charge >= 0.3 is 20.8 Å². The quantitative estimate of drug-likeness (QED) is 0.244. The topological polar surface area (TPSA) is 266 Å². The van der Waals surface area contributed by atoms with Crippen LogP contribution in [0.4, 0.5) is 0 Å². The van der Waals surface area contributed by atoms with Crippen LogP contribution in [0.1, 0.15) is 119 Å². The van der Waals surface area contributed by atoms with Gasteiger partial charge < -0.3 is 57.2 Å². The SMILES string of the molecule is C=C1C[C@@H]2O[C@@]3(C)[C@H](C[C@H]2O[C@@H]1C(C)=O)O[C@@H]1C[C@@H]2O[C@@H]4C[C@@H]5O[C@@H]6C[C@@H]7O[C@@H]8C[C@@H]9O[C@](C)(OS(=O)(=O)O)[C@@H](CCOS(=O)(=O)O)C[C@H]9O[C@H]8C[C@H]7O[C@H]6CC[C@@]5(C)O[C@@]4(C)C[C@H](C)[C@H]2O[C@H]1[C@H]3O. The van der Waals surface area contributed by atoms with Crippen molar-refractivity contribution in [1.82, 2.24) is 0 Å². The highest BCUT2D eigenvalue weighted by atomic mass is 32.3. The first kappa shape index (κ1) is 50.8. The fraction of sp³-hybridized carbons (Fsp3) is 0.936. The van der Waals surface area contributed by atoms with Gasteiger partial charge in [-0.3, -0.25) is 13.9 Å². The lowest BCUT2D eigenvalue weighted by molar-refractivity contribution is -0.359. The molecule has 0 amide bonds. The van der Waals surface area contributed by atoms with E-state index in [2.05, 4.69) is 31.5 Å². The van der Waals surface area contributed by atoms with Gasteiger partial charge in [0.05, 0.1) is 115 Å². The number of aliphatic hydroxyl groups is 1. The minimum absolute atomic E-state index is 0.000839. The Kier molecular flexibility index (Phi) is 13.0. The van der Waals surface area contributed by atoms with Crippen molar-refractivity contribution < 1.29 is 96.3 Å². The highest BCUT2D eigenvalue weighted by Gasteiger charge is 2.65. The van der Waals surface area contributed by atoms with Crippen molar-refractivity contribution in [1.29, 1.82) is 0 Å². The van der Waals surface area contributed by atoms with Gasteiger partial charge in [0.1, 0.15) is 23.9 Å². The molecule has 0 spiro atoms. The zero-order valence-electron chi connectivity index (χ0n) is 40.5. The van der Waals surface area contributed by atoms with Gasteiger partial charge in [-0.15, -0.1) is 0 Å². The molecule has 0 unspecified atom stereocenters. The summed E-state index contributed by atoms with van der Waals surface area (Å²) >= 11 is 0. The predicted molar refractivity (Wildman–Crippen MR) is 238 cm³/mol. The van der Waals surface area contributed by atoms with Gasteiger partial charge in [0.15, 0.2) is 11.6 Å². The van der Waals surface area contributed by atoms with Crippen molar-refractivity contribution in [3.05, 3.63) is 12.2 Å². The third kappa shape index (κ3) is 9.21. The lowest BCUT2D eigenvalue weighted by Gasteiger charge is -2.59. The molecule has 0 radical (unpaired) electrons. The maximum Gasteiger partial charge on any atom is 0.400 e. The minimum atomic E-state index is -5.00. The monoisotopic (exact) mass is 1030 g/mol. The minimum Gasteiger partial charge on any atom is -0.387 e. The Labute approximate surface area is 409 Å². The Balaban J connectivity index is 0.752. The maximum absolute atomic E-state index is 12.4. The predicted octanol–water partition coefficient (Wildman–Crippen LogP) is 3.02. The number of ketones is 1. The molecule has 396 valence electrons. The van der Waals surface area contributed by atoms with E-state index >= 15 is 0 Å². The van der Waals surface area contributed by atoms with Crippen LogP contribution in [0.15, 0.2) is 12.2 Å². The summed E-state index contributed by atoms with van der Waals surface area (Å²) in [6, 6.07) is 0. The molecule has 11 heterocycles. The largest absolute Gasteiger partial charge is 0.400 e. The van der Waals surface area contributed by atoms with Crippen LogP contribution in [0.25, 0.3) is 0 Å². The van der Waals surface area contributed by atoms with E-state index < -0.39 is 105 Å². The fourth-order valence-corrected chi connectivity index (χ4v) is 15.6. The normalized spacial score (nSPS) is 54.3. The van der Waals surface area contributed by atoms with Gasteiger partial charge in [0.25, 0.3) is 0 Å². The summed E-state index contributed by atoms with van der Waals surface area (Å²) in [6.07, 6.45) is -3.13. The van der Waals surface area contributed by atoms with Crippen molar-refractivity contribution in [2.45, 2.75) is 257 Å². The molecule has 11 saturated heterocycles. The summed E-state index contributed by atoms with van der Waals surface area (Å²) in [5.74, 6) is -2.80. The van der Waals surface area contributed by atoms with Gasteiger partial charge in [-0.05, 0) is 84.6 Å². The number of ether oxygens (including phenoxy) is 11. The Morgan fingerprint density at radius 2 is 1.23 bits per heavy atom. The second-order valence-electron chi connectivity index (χ2n) is 23.0. The molecule has 21 nitrogen and oxygen atoms in total. The second-order valence-corrected chi connectivity index (χ2v) is 25.1. The van der Waals surface area contributed by atoms with Gasteiger partial charge in [0, 0.05) is 44.4 Å². The molecule has 11 aliphatic rings. The van der Waals surface area contributed by atoms with E-state index in [-0.39, 0.29) is 91.7 Å². The van der Waals surface area contributed by atoms with Gasteiger partial charge in [-0.2, -0.15) is 16.8 Å². The number of carbonyl (C=O) groups is 1. The van der Waals surface area contributed by atoms with Crippen LogP contribution in [0, 0.1) is 11.8 Å². The van der Waals surface area contributed by atoms with E-state index in [4.69, 9.17) is 60.8 Å². The van der Waals surface area contributed by atoms with Gasteiger partial charge in [-0.1, -0.05) is 13.5 Å². The van der Waals surface area contributed by atoms with Crippen LogP contribution in [-0.4, -0.2) is 182 Å². The summed E-state index contributed by atoms with van der Waals surface area (Å²) in [7, 11) is -9.76. The van der Waals surface area contributed by atoms with Crippen molar-refractivity contribution in [3.63, 3.8) is 0 Å². The second kappa shape index (κ2) is 17.9. The molecule has 0 aliphatic carbocycles. The Morgan fingerprint density at radius 1 is 0.657 bits per heavy atom. The summed E-state index contributed by atoms with van der Waals surface area (Å²) < 4.78 is 149. The summed E-state index contributed by atoms with van der Waals surface area (Å²) in [6.45, 7) is 14.8. The fourth-order valence-electron chi connectivity index (χ4n) is 14.7. The van der Waals surface area contributed by atoms with Crippen molar-refractivity contribution in [2.75, 3.05) is 6.61 Å². The van der Waals surface area contributed by atoms with Crippen molar-refractivity contribution in [2.24, 2.45) is 11.8 Å². The molecule has 0 saturated carbocycles. The zero-order valence-corrected chi connectivity index (χ0v) is 42.2. The third-order valence-electron chi connectivity index (χ3n) is 18.0. The first-order chi connectivity index (χ1) is 32.8. The number of carbonyl (C=O) groups excluding carboxylic acids is 1. The summed E-state index contributed by atoms with van der Waals surface area (Å²) in [5.41, 5.74) is -1.74. The summed E-state index contributed by atoms with van der Waals surface area (Å²) in [5, 5.41) is 12.1. The van der Waals surface area contributed by atoms with E-state index in [0.29, 0.717) is 69.8 Å². The Bertz CT molecular complexity index is 2270. The molecule has 70 heavy (non-hydrogen) atoms. The number of hydrogen-bond acceptors (Lipinski definition) is 19. The molecule has 0 bridgehead atoms. The molecule has 23 heteroatoms. The molecule has 3 N–H and O–H groups in total. The van der Waals surface area contributed by atoms with Crippen LogP contribution in [-0.2, 0) is 86.1 Å². The average molecular weight is 1040 g/mol. The lowest BCUT2D eigenvalue weighted by atomic mass is 9.74. The number of aliphatic hydroxyl groups excluding tert-OH is 1. The first-order valence-corrected chi connectivity index (χ1v) is 28.0. The molecular weight excluding hydrogens is 965 g/mol. The molecule has 0 aromatic carbocycles. The number of rotatable bonds is 7. The standard InChI is InChI=1S/C47H70O21S2/c1-21-12-33-32(63-40(21)23(3)48)18-39-46(6,65-33)43(49)42-36(62-39)17-35-41(64-42)22(2)20-45(5)38(61-35)19-37-44(4,67-45)10-8-25-27(60-37)14-29-28(57-25)15-30-31(59-29)16-34-26(58-30)13-24(9-11-56-69(50,51)52)47(7,66-34)68-70(53,54)55/h22,24-43,49H,1,8-20H2,2-7H3,(H,50,51,52)(H,53,54,55)/t22-,24-,25-,26+,27+,28+,29-,30-,31+,32+,33-,34-,35-,36+,37-,38+,39-,40-,41+,42+,43+,44+,45-,46-,47+/m0/s1. The molecule has 11 rings (SSSR count). The average Bonchev–Trinajstić information content (AvgIpc) is 3.44. The third-order valence-corrected chi connectivity index (χ3v) is 19.0. The number of hydrogen-bond donors (Lipinski definition) is 3. The van der Waals surface area contributed by atoms with Crippen LogP contribution >= 0.6 is 0 Å². The van der Waals surface area contributed by atoms with E-state index in [9.17, 15) is 31.3 Å². The molecule has 0 aromatic heterocycles. The van der Waals surface area contributed by atoms with Gasteiger partial charge in [0.2, 0.25) is 0 Å². The molecule has 0 aromatic rings. The highest BCUT2D eigenvalue weighted by Crippen LogP contribution is 2.54. The number of Topliss-reactive ketones (excluding diaryl/α,β-unsaturated/α-hetero) is 1. The lowest BCUT2D eigenvalue weighted by Crippen LogP contribution is -2.73. The van der Waals surface area contributed by atoms with Crippen LogP contribution in [0.5, 0.6) is 0 Å². The van der Waals surface area contributed by atoms with E-state index in [1.165, 1.54) is 13.8 Å². The van der Waals surface area contributed by atoms with Crippen molar-refractivity contribution in [3.8, 4) is 0 Å². The zero-order chi connectivity index (χ0) is 49.7. The molecule has 25 atom stereocenters. The Hall–Kier alpha value is -1.33. The van der Waals surface area contributed by atoms with Crippen LogP contribution < -0.4 is 0 Å². The molecule has 11 fully saturated rings. The maximum atomic E-state index is 12.4.